The molecule has 0 aliphatic carbocycles. The van der Waals surface area contributed by atoms with E-state index in [1.807, 2.05) is 0 Å². The van der Waals surface area contributed by atoms with Crippen LogP contribution in [0.4, 0.5) is 0 Å². The molecular formula is C8H15NO2S. The minimum Gasteiger partial charge on any atom is -0.313 e. The molecule has 2 rings (SSSR count). The molecule has 1 unspecified atom stereocenters. The molecule has 1 atom stereocenters. The maximum atomic E-state index is 11.0. The summed E-state index contributed by atoms with van der Waals surface area (Å²) in [6.07, 6.45) is 2.17. The molecule has 2 heterocycles. The van der Waals surface area contributed by atoms with Crippen molar-refractivity contribution in [1.29, 1.82) is 0 Å². The molecular weight excluding hydrogens is 174 g/mol. The van der Waals surface area contributed by atoms with Gasteiger partial charge in [0, 0.05) is 18.0 Å². The van der Waals surface area contributed by atoms with E-state index in [2.05, 4.69) is 12.2 Å². The SMILES string of the molecule is CCC1CC2(CN1)CS(=O)(=O)C2. The van der Waals surface area contributed by atoms with Gasteiger partial charge in [-0.05, 0) is 12.8 Å². The summed E-state index contributed by atoms with van der Waals surface area (Å²) >= 11 is 0. The molecule has 2 saturated heterocycles. The minimum atomic E-state index is -2.64. The molecule has 70 valence electrons. The van der Waals surface area contributed by atoms with Crippen molar-refractivity contribution in [2.45, 2.75) is 25.8 Å². The summed E-state index contributed by atoms with van der Waals surface area (Å²) in [5.74, 6) is 0.840. The van der Waals surface area contributed by atoms with Gasteiger partial charge in [-0.25, -0.2) is 8.42 Å². The second-order valence-corrected chi connectivity index (χ2v) is 6.29. The van der Waals surface area contributed by atoms with E-state index in [4.69, 9.17) is 0 Å². The highest BCUT2D eigenvalue weighted by atomic mass is 32.2. The predicted octanol–water partition coefficient (Wildman–Crippen LogP) is 0.173. The fraction of sp³-hybridized carbons (Fsp3) is 1.00. The lowest BCUT2D eigenvalue weighted by atomic mass is 9.88. The van der Waals surface area contributed by atoms with Gasteiger partial charge in [0.2, 0.25) is 0 Å². The van der Waals surface area contributed by atoms with Gasteiger partial charge >= 0.3 is 0 Å². The summed E-state index contributed by atoms with van der Waals surface area (Å²) in [5, 5.41) is 3.37. The average molecular weight is 189 g/mol. The van der Waals surface area contributed by atoms with E-state index in [-0.39, 0.29) is 5.41 Å². The van der Waals surface area contributed by atoms with Crippen molar-refractivity contribution >= 4 is 9.84 Å². The average Bonchev–Trinajstić information content (AvgIpc) is 2.29. The molecule has 1 spiro atoms. The maximum absolute atomic E-state index is 11.0. The van der Waals surface area contributed by atoms with Crippen LogP contribution in [0.25, 0.3) is 0 Å². The number of nitrogens with one attached hydrogen (secondary N) is 1. The van der Waals surface area contributed by atoms with Crippen molar-refractivity contribution in [2.24, 2.45) is 5.41 Å². The molecule has 4 heteroatoms. The van der Waals surface area contributed by atoms with Gasteiger partial charge in [-0.1, -0.05) is 6.92 Å². The van der Waals surface area contributed by atoms with Crippen LogP contribution in [-0.2, 0) is 9.84 Å². The molecule has 2 fully saturated rings. The third kappa shape index (κ3) is 1.27. The highest BCUT2D eigenvalue weighted by Gasteiger charge is 2.51. The van der Waals surface area contributed by atoms with Crippen LogP contribution in [0.15, 0.2) is 0 Å². The maximum Gasteiger partial charge on any atom is 0.151 e. The van der Waals surface area contributed by atoms with Crippen LogP contribution in [0.3, 0.4) is 0 Å². The Bertz CT molecular complexity index is 271. The van der Waals surface area contributed by atoms with Crippen molar-refractivity contribution in [2.75, 3.05) is 18.1 Å². The van der Waals surface area contributed by atoms with Gasteiger partial charge in [-0.15, -0.1) is 0 Å². The molecule has 0 bridgehead atoms. The van der Waals surface area contributed by atoms with Crippen LogP contribution < -0.4 is 5.32 Å². The Morgan fingerprint density at radius 3 is 2.58 bits per heavy atom. The van der Waals surface area contributed by atoms with Gasteiger partial charge in [0.05, 0.1) is 11.5 Å². The highest BCUT2D eigenvalue weighted by molar-refractivity contribution is 7.92. The third-order valence-corrected chi connectivity index (χ3v) is 5.09. The molecule has 0 aromatic rings. The Morgan fingerprint density at radius 1 is 1.50 bits per heavy atom. The van der Waals surface area contributed by atoms with Crippen LogP contribution in [-0.4, -0.2) is 32.5 Å². The quantitative estimate of drug-likeness (QED) is 0.640. The van der Waals surface area contributed by atoms with Gasteiger partial charge < -0.3 is 5.32 Å². The van der Waals surface area contributed by atoms with Crippen molar-refractivity contribution in [1.82, 2.24) is 5.32 Å². The van der Waals surface area contributed by atoms with Crippen LogP contribution in [0.5, 0.6) is 0 Å². The van der Waals surface area contributed by atoms with Gasteiger partial charge in [0.25, 0.3) is 0 Å². The number of rotatable bonds is 1. The molecule has 0 aromatic carbocycles. The Balaban J connectivity index is 2.01. The van der Waals surface area contributed by atoms with Crippen molar-refractivity contribution < 1.29 is 8.42 Å². The lowest BCUT2D eigenvalue weighted by molar-refractivity contribution is 0.360. The molecule has 2 aliphatic heterocycles. The summed E-state index contributed by atoms with van der Waals surface area (Å²) in [6.45, 7) is 3.05. The van der Waals surface area contributed by atoms with E-state index in [1.54, 1.807) is 0 Å². The topological polar surface area (TPSA) is 46.2 Å². The first-order valence-corrected chi connectivity index (χ1v) is 6.31. The molecule has 1 N–H and O–H groups in total. The molecule has 0 saturated carbocycles. The van der Waals surface area contributed by atoms with E-state index in [0.29, 0.717) is 17.5 Å². The summed E-state index contributed by atoms with van der Waals surface area (Å²) in [4.78, 5) is 0. The predicted molar refractivity (Wildman–Crippen MR) is 47.8 cm³/mol. The van der Waals surface area contributed by atoms with Crippen LogP contribution in [0.2, 0.25) is 0 Å². The second kappa shape index (κ2) is 2.45. The Hall–Kier alpha value is -0.0900. The smallest absolute Gasteiger partial charge is 0.151 e. The Kier molecular flexibility index (Phi) is 1.74. The number of hydrogen-bond donors (Lipinski definition) is 1. The molecule has 0 amide bonds. The normalized spacial score (nSPS) is 36.6. The summed E-state index contributed by atoms with van der Waals surface area (Å²) in [5.41, 5.74) is 0.125. The first kappa shape index (κ1) is 8.51. The standard InChI is InChI=1S/C8H15NO2S/c1-2-7-3-8(4-9-7)5-12(10,11)6-8/h7,9H,2-6H2,1H3. The van der Waals surface area contributed by atoms with E-state index in [1.165, 1.54) is 0 Å². The van der Waals surface area contributed by atoms with Crippen LogP contribution in [0, 0.1) is 5.41 Å². The third-order valence-electron chi connectivity index (χ3n) is 2.99. The van der Waals surface area contributed by atoms with E-state index in [0.717, 1.165) is 19.4 Å². The fourth-order valence-corrected chi connectivity index (χ4v) is 4.65. The summed E-state index contributed by atoms with van der Waals surface area (Å²) in [6, 6.07) is 0.556. The van der Waals surface area contributed by atoms with Gasteiger partial charge in [0.15, 0.2) is 9.84 Å². The van der Waals surface area contributed by atoms with Gasteiger partial charge in [-0.2, -0.15) is 0 Å². The van der Waals surface area contributed by atoms with Crippen LogP contribution in [0.1, 0.15) is 19.8 Å². The zero-order valence-corrected chi connectivity index (χ0v) is 8.15. The Morgan fingerprint density at radius 2 is 2.17 bits per heavy atom. The lowest BCUT2D eigenvalue weighted by Gasteiger charge is -2.36. The van der Waals surface area contributed by atoms with Crippen molar-refractivity contribution in [3.05, 3.63) is 0 Å². The first-order chi connectivity index (χ1) is 5.55. The minimum absolute atomic E-state index is 0.125. The molecule has 0 radical (unpaired) electrons. The van der Waals surface area contributed by atoms with E-state index < -0.39 is 9.84 Å². The van der Waals surface area contributed by atoms with Crippen molar-refractivity contribution in [3.8, 4) is 0 Å². The monoisotopic (exact) mass is 189 g/mol. The molecule has 2 aliphatic rings. The highest BCUT2D eigenvalue weighted by Crippen LogP contribution is 2.40. The summed E-state index contributed by atoms with van der Waals surface area (Å²) in [7, 11) is -2.64. The Labute approximate surface area is 73.5 Å². The number of sulfone groups is 1. The van der Waals surface area contributed by atoms with Gasteiger partial charge in [0.1, 0.15) is 0 Å². The molecule has 3 nitrogen and oxygen atoms in total. The van der Waals surface area contributed by atoms with Crippen molar-refractivity contribution in [3.63, 3.8) is 0 Å². The zero-order chi connectivity index (χ0) is 8.82. The van der Waals surface area contributed by atoms with E-state index in [9.17, 15) is 8.42 Å². The molecule has 0 aromatic heterocycles. The number of hydrogen-bond acceptors (Lipinski definition) is 3. The zero-order valence-electron chi connectivity index (χ0n) is 7.34. The fourth-order valence-electron chi connectivity index (χ4n) is 2.43. The first-order valence-electron chi connectivity index (χ1n) is 4.49. The molecule has 12 heavy (non-hydrogen) atoms. The second-order valence-electron chi connectivity index (χ2n) is 4.22. The van der Waals surface area contributed by atoms with Crippen LogP contribution >= 0.6 is 0 Å². The van der Waals surface area contributed by atoms with Gasteiger partial charge in [-0.3, -0.25) is 0 Å². The lowest BCUT2D eigenvalue weighted by Crippen LogP contribution is -2.49. The van der Waals surface area contributed by atoms with E-state index >= 15 is 0 Å². The largest absolute Gasteiger partial charge is 0.313 e. The summed E-state index contributed by atoms with van der Waals surface area (Å²) < 4.78 is 22.0.